The van der Waals surface area contributed by atoms with Crippen molar-refractivity contribution < 1.29 is 0 Å². The number of hydrogen-bond acceptors (Lipinski definition) is 2. The van der Waals surface area contributed by atoms with Gasteiger partial charge in [-0.05, 0) is 37.8 Å². The topological polar surface area (TPSA) is 57.4 Å². The Morgan fingerprint density at radius 1 is 0.750 bits per heavy atom. The third-order valence-corrected chi connectivity index (χ3v) is 2.76. The number of nitrogens with one attached hydrogen (secondary N) is 2. The third-order valence-electron chi connectivity index (χ3n) is 2.76. The Morgan fingerprint density at radius 2 is 1.25 bits per heavy atom. The first-order valence-corrected chi connectivity index (χ1v) is 5.91. The molecule has 0 aliphatic rings. The van der Waals surface area contributed by atoms with Gasteiger partial charge in [0.25, 0.3) is 0 Å². The summed E-state index contributed by atoms with van der Waals surface area (Å²) in [5.74, 6) is 0. The zero-order valence-corrected chi connectivity index (χ0v) is 9.45. The molecule has 0 fully saturated rings. The predicted octanol–water partition coefficient (Wildman–Crippen LogP) is 2.48. The number of aryl methyl sites for hydroxylation is 2. The van der Waals surface area contributed by atoms with Crippen LogP contribution in [0.2, 0.25) is 0 Å². The lowest BCUT2D eigenvalue weighted by Crippen LogP contribution is -1.89. The summed E-state index contributed by atoms with van der Waals surface area (Å²) >= 11 is 0. The minimum absolute atomic E-state index is 1.12. The number of rotatable bonds is 7. The molecular formula is C12H18N4. The summed E-state index contributed by atoms with van der Waals surface area (Å²) < 4.78 is 0. The van der Waals surface area contributed by atoms with Crippen molar-refractivity contribution >= 4 is 0 Å². The average molecular weight is 218 g/mol. The van der Waals surface area contributed by atoms with Crippen LogP contribution in [-0.4, -0.2) is 20.4 Å². The lowest BCUT2D eigenvalue weighted by Gasteiger charge is -1.99. The fraction of sp³-hybridized carbons (Fsp3) is 0.500. The summed E-state index contributed by atoms with van der Waals surface area (Å²) in [6, 6.07) is 4.09. The highest BCUT2D eigenvalue weighted by molar-refractivity contribution is 4.97. The molecule has 4 heteroatoms. The van der Waals surface area contributed by atoms with Crippen LogP contribution in [0.3, 0.4) is 0 Å². The van der Waals surface area contributed by atoms with Crippen molar-refractivity contribution in [1.82, 2.24) is 20.4 Å². The Labute approximate surface area is 95.5 Å². The second-order valence-corrected chi connectivity index (χ2v) is 4.08. The van der Waals surface area contributed by atoms with Crippen molar-refractivity contribution in [1.29, 1.82) is 0 Å². The van der Waals surface area contributed by atoms with Crippen molar-refractivity contribution in [2.75, 3.05) is 0 Å². The maximum atomic E-state index is 3.93. The molecule has 0 spiro atoms. The van der Waals surface area contributed by atoms with Gasteiger partial charge in [0.1, 0.15) is 0 Å². The summed E-state index contributed by atoms with van der Waals surface area (Å²) in [5, 5.41) is 13.8. The molecule has 16 heavy (non-hydrogen) atoms. The number of hydrogen-bond donors (Lipinski definition) is 2. The van der Waals surface area contributed by atoms with E-state index in [2.05, 4.69) is 20.4 Å². The highest BCUT2D eigenvalue weighted by Crippen LogP contribution is 2.07. The Bertz CT molecular complexity index is 325. The van der Waals surface area contributed by atoms with Gasteiger partial charge in [-0.15, -0.1) is 0 Å². The highest BCUT2D eigenvalue weighted by Gasteiger charge is 1.96. The first kappa shape index (κ1) is 10.9. The van der Waals surface area contributed by atoms with E-state index in [9.17, 15) is 0 Å². The summed E-state index contributed by atoms with van der Waals surface area (Å²) in [7, 11) is 0. The summed E-state index contributed by atoms with van der Waals surface area (Å²) in [6.07, 6.45) is 10.9. The Kier molecular flexibility index (Phi) is 4.16. The van der Waals surface area contributed by atoms with Crippen molar-refractivity contribution in [3.63, 3.8) is 0 Å². The van der Waals surface area contributed by atoms with Gasteiger partial charge >= 0.3 is 0 Å². The minimum atomic E-state index is 1.12. The van der Waals surface area contributed by atoms with Gasteiger partial charge in [0.15, 0.2) is 0 Å². The zero-order chi connectivity index (χ0) is 11.1. The largest absolute Gasteiger partial charge is 0.283 e. The van der Waals surface area contributed by atoms with Gasteiger partial charge in [0, 0.05) is 23.8 Å². The quantitative estimate of drug-likeness (QED) is 0.701. The molecule has 0 radical (unpaired) electrons. The molecule has 86 valence electrons. The molecule has 2 heterocycles. The van der Waals surface area contributed by atoms with Crippen LogP contribution in [-0.2, 0) is 12.8 Å². The lowest BCUT2D eigenvalue weighted by molar-refractivity contribution is 0.630. The van der Waals surface area contributed by atoms with Crippen LogP contribution in [0.4, 0.5) is 0 Å². The van der Waals surface area contributed by atoms with Gasteiger partial charge in [-0.2, -0.15) is 10.2 Å². The van der Waals surface area contributed by atoms with E-state index in [1.807, 2.05) is 24.5 Å². The van der Waals surface area contributed by atoms with Crippen LogP contribution < -0.4 is 0 Å². The van der Waals surface area contributed by atoms with Gasteiger partial charge in [-0.3, -0.25) is 10.2 Å². The molecule has 0 aliphatic heterocycles. The zero-order valence-electron chi connectivity index (χ0n) is 9.45. The number of aromatic amines is 2. The van der Waals surface area contributed by atoms with E-state index in [0.29, 0.717) is 0 Å². The van der Waals surface area contributed by atoms with Crippen LogP contribution in [0, 0.1) is 0 Å². The smallest absolute Gasteiger partial charge is 0.0490 e. The molecule has 0 saturated heterocycles. The SMILES string of the molecule is c1cc(CCCCCCc2ccn[nH]2)[nH]n1. The van der Waals surface area contributed by atoms with Crippen LogP contribution in [0.5, 0.6) is 0 Å². The van der Waals surface area contributed by atoms with Crippen LogP contribution in [0.1, 0.15) is 37.1 Å². The monoisotopic (exact) mass is 218 g/mol. The van der Waals surface area contributed by atoms with Crippen molar-refractivity contribution in [2.24, 2.45) is 0 Å². The van der Waals surface area contributed by atoms with E-state index < -0.39 is 0 Å². The second kappa shape index (κ2) is 6.10. The van der Waals surface area contributed by atoms with E-state index in [4.69, 9.17) is 0 Å². The fourth-order valence-electron chi connectivity index (χ4n) is 1.83. The Morgan fingerprint density at radius 3 is 1.62 bits per heavy atom. The Balaban J connectivity index is 1.49. The molecule has 4 nitrogen and oxygen atoms in total. The van der Waals surface area contributed by atoms with Gasteiger partial charge in [-0.25, -0.2) is 0 Å². The van der Waals surface area contributed by atoms with E-state index in [-0.39, 0.29) is 0 Å². The lowest BCUT2D eigenvalue weighted by atomic mass is 10.1. The molecule has 0 aliphatic carbocycles. The van der Waals surface area contributed by atoms with Crippen molar-refractivity contribution in [3.05, 3.63) is 35.9 Å². The number of aromatic nitrogens is 4. The second-order valence-electron chi connectivity index (χ2n) is 4.08. The van der Waals surface area contributed by atoms with Crippen LogP contribution >= 0.6 is 0 Å². The molecule has 0 bridgehead atoms. The van der Waals surface area contributed by atoms with Crippen molar-refractivity contribution in [2.45, 2.75) is 38.5 Å². The first-order chi connectivity index (χ1) is 7.95. The summed E-state index contributed by atoms with van der Waals surface area (Å²) in [5.41, 5.74) is 2.49. The normalized spacial score (nSPS) is 10.8. The molecule has 0 saturated carbocycles. The molecule has 2 N–H and O–H groups in total. The molecular weight excluding hydrogens is 200 g/mol. The molecule has 0 aromatic carbocycles. The Hall–Kier alpha value is -1.58. The maximum absolute atomic E-state index is 3.93. The number of nitrogens with zero attached hydrogens (tertiary/aromatic N) is 2. The van der Waals surface area contributed by atoms with E-state index in [1.165, 1.54) is 37.1 Å². The van der Waals surface area contributed by atoms with E-state index in [0.717, 1.165) is 12.8 Å². The molecule has 0 atom stereocenters. The first-order valence-electron chi connectivity index (χ1n) is 5.91. The molecule has 0 unspecified atom stereocenters. The van der Waals surface area contributed by atoms with Crippen molar-refractivity contribution in [3.8, 4) is 0 Å². The van der Waals surface area contributed by atoms with E-state index >= 15 is 0 Å². The predicted molar refractivity (Wildman–Crippen MR) is 63.1 cm³/mol. The molecule has 0 amide bonds. The van der Waals surface area contributed by atoms with Gasteiger partial charge < -0.3 is 0 Å². The highest BCUT2D eigenvalue weighted by atomic mass is 15.1. The van der Waals surface area contributed by atoms with Gasteiger partial charge in [-0.1, -0.05) is 12.8 Å². The molecule has 2 rings (SSSR count). The summed E-state index contributed by atoms with van der Waals surface area (Å²) in [6.45, 7) is 0. The van der Waals surface area contributed by atoms with Gasteiger partial charge in [0.05, 0.1) is 0 Å². The minimum Gasteiger partial charge on any atom is -0.283 e. The number of H-pyrrole nitrogens is 2. The average Bonchev–Trinajstić information content (AvgIpc) is 2.96. The molecule has 2 aromatic rings. The molecule has 2 aromatic heterocycles. The standard InChI is InChI=1S/C12H18N4/c1(3-5-11-7-9-13-15-11)2-4-6-12-8-10-14-16-12/h7-10H,1-6H2,(H,13,15)(H,14,16). The fourth-order valence-corrected chi connectivity index (χ4v) is 1.83. The van der Waals surface area contributed by atoms with Crippen LogP contribution in [0.15, 0.2) is 24.5 Å². The van der Waals surface area contributed by atoms with E-state index in [1.54, 1.807) is 0 Å². The van der Waals surface area contributed by atoms with Crippen LogP contribution in [0.25, 0.3) is 0 Å². The summed E-state index contributed by atoms with van der Waals surface area (Å²) in [4.78, 5) is 0. The third kappa shape index (κ3) is 3.53. The van der Waals surface area contributed by atoms with Gasteiger partial charge in [0.2, 0.25) is 0 Å². The number of unbranched alkanes of at least 4 members (excludes halogenated alkanes) is 3. The maximum Gasteiger partial charge on any atom is 0.0490 e.